The van der Waals surface area contributed by atoms with Gasteiger partial charge in [0.05, 0.1) is 13.2 Å². The Morgan fingerprint density at radius 1 is 1.33 bits per heavy atom. The monoisotopic (exact) mass is 331 g/mol. The van der Waals surface area contributed by atoms with Crippen LogP contribution in [-0.4, -0.2) is 56.1 Å². The lowest BCUT2D eigenvalue weighted by atomic mass is 9.84. The Kier molecular flexibility index (Phi) is 5.48. The van der Waals surface area contributed by atoms with Crippen LogP contribution in [0.3, 0.4) is 0 Å². The van der Waals surface area contributed by atoms with Gasteiger partial charge in [-0.25, -0.2) is 0 Å². The van der Waals surface area contributed by atoms with Gasteiger partial charge in [0, 0.05) is 31.4 Å². The third-order valence-electron chi connectivity index (χ3n) is 4.88. The zero-order valence-electron chi connectivity index (χ0n) is 14.1. The Labute approximate surface area is 142 Å². The van der Waals surface area contributed by atoms with Gasteiger partial charge in [-0.3, -0.25) is 14.5 Å². The van der Waals surface area contributed by atoms with Gasteiger partial charge in [-0.2, -0.15) is 0 Å². The molecule has 3 rings (SSSR count). The van der Waals surface area contributed by atoms with Crippen LogP contribution in [0.1, 0.15) is 29.6 Å². The van der Waals surface area contributed by atoms with Crippen LogP contribution in [-0.2, 0) is 9.53 Å². The first-order chi connectivity index (χ1) is 11.7. The number of nitrogens with one attached hydrogen (secondary N) is 2. The minimum absolute atomic E-state index is 0.0666. The van der Waals surface area contributed by atoms with Gasteiger partial charge in [0.2, 0.25) is 5.91 Å². The number of amides is 2. The lowest BCUT2D eigenvalue weighted by Crippen LogP contribution is -2.53. The third kappa shape index (κ3) is 3.94. The molecular formula is C18H25N3O3. The summed E-state index contributed by atoms with van der Waals surface area (Å²) in [5.41, 5.74) is 1.16. The van der Waals surface area contributed by atoms with E-state index in [1.54, 1.807) is 31.3 Å². The van der Waals surface area contributed by atoms with Crippen molar-refractivity contribution in [2.45, 2.75) is 25.3 Å². The van der Waals surface area contributed by atoms with Crippen LogP contribution in [0.5, 0.6) is 0 Å². The predicted octanol–water partition coefficient (Wildman–Crippen LogP) is 1.49. The molecule has 130 valence electrons. The molecule has 0 spiro atoms. The van der Waals surface area contributed by atoms with E-state index in [2.05, 4.69) is 15.5 Å². The van der Waals surface area contributed by atoms with Gasteiger partial charge in [-0.05, 0) is 37.0 Å². The van der Waals surface area contributed by atoms with E-state index in [9.17, 15) is 9.59 Å². The molecule has 2 fully saturated rings. The summed E-state index contributed by atoms with van der Waals surface area (Å²) < 4.78 is 5.52. The number of morpholine rings is 1. The SMILES string of the molecule is CNC(=O)c1cccc(NC(=O)C2COCCN2CC2CCC2)c1. The number of nitrogens with zero attached hydrogens (tertiary/aromatic N) is 1. The van der Waals surface area contributed by atoms with Gasteiger partial charge < -0.3 is 15.4 Å². The normalized spacial score (nSPS) is 21.8. The summed E-state index contributed by atoms with van der Waals surface area (Å²) in [5.74, 6) is 0.483. The largest absolute Gasteiger partial charge is 0.378 e. The van der Waals surface area contributed by atoms with E-state index in [4.69, 9.17) is 4.74 Å². The Morgan fingerprint density at radius 3 is 2.88 bits per heavy atom. The van der Waals surface area contributed by atoms with E-state index in [1.165, 1.54) is 19.3 Å². The maximum absolute atomic E-state index is 12.7. The molecule has 2 aliphatic rings. The molecule has 2 N–H and O–H groups in total. The number of rotatable bonds is 5. The Balaban J connectivity index is 1.64. The summed E-state index contributed by atoms with van der Waals surface area (Å²) in [6.07, 6.45) is 3.83. The highest BCUT2D eigenvalue weighted by atomic mass is 16.5. The summed E-state index contributed by atoms with van der Waals surface area (Å²) in [7, 11) is 1.59. The van der Waals surface area contributed by atoms with Crippen molar-refractivity contribution in [3.05, 3.63) is 29.8 Å². The zero-order valence-corrected chi connectivity index (χ0v) is 14.1. The smallest absolute Gasteiger partial charge is 0.251 e. The Hall–Kier alpha value is -1.92. The second-order valence-electron chi connectivity index (χ2n) is 6.53. The van der Waals surface area contributed by atoms with E-state index in [-0.39, 0.29) is 17.9 Å². The number of anilines is 1. The quantitative estimate of drug-likeness (QED) is 0.857. The van der Waals surface area contributed by atoms with Gasteiger partial charge in [0.1, 0.15) is 6.04 Å². The Morgan fingerprint density at radius 2 is 2.17 bits per heavy atom. The van der Waals surface area contributed by atoms with Crippen LogP contribution in [0.2, 0.25) is 0 Å². The second kappa shape index (κ2) is 7.77. The van der Waals surface area contributed by atoms with Crippen molar-refractivity contribution in [2.24, 2.45) is 5.92 Å². The molecule has 1 heterocycles. The molecule has 6 nitrogen and oxygen atoms in total. The first-order valence-electron chi connectivity index (χ1n) is 8.62. The molecule has 1 aliphatic heterocycles. The van der Waals surface area contributed by atoms with Crippen molar-refractivity contribution in [1.82, 2.24) is 10.2 Å². The molecule has 1 aromatic carbocycles. The molecule has 0 radical (unpaired) electrons. The first kappa shape index (κ1) is 16.9. The van der Waals surface area contributed by atoms with Gasteiger partial charge in [-0.15, -0.1) is 0 Å². The summed E-state index contributed by atoms with van der Waals surface area (Å²) in [6, 6.07) is 6.72. The van der Waals surface area contributed by atoms with Gasteiger partial charge in [0.15, 0.2) is 0 Å². The van der Waals surface area contributed by atoms with Gasteiger partial charge in [-0.1, -0.05) is 12.5 Å². The topological polar surface area (TPSA) is 70.7 Å². The third-order valence-corrected chi connectivity index (χ3v) is 4.88. The minimum atomic E-state index is -0.261. The summed E-state index contributed by atoms with van der Waals surface area (Å²) in [6.45, 7) is 2.88. The molecular weight excluding hydrogens is 306 g/mol. The first-order valence-corrected chi connectivity index (χ1v) is 8.62. The standard InChI is InChI=1S/C18H25N3O3/c1-19-17(22)14-6-3-7-15(10-14)20-18(23)16-12-24-9-8-21(16)11-13-4-2-5-13/h3,6-7,10,13,16H,2,4-5,8-9,11-12H2,1H3,(H,19,22)(H,20,23). The molecule has 0 aromatic heterocycles. The molecule has 1 unspecified atom stereocenters. The second-order valence-corrected chi connectivity index (χ2v) is 6.53. The van der Waals surface area contributed by atoms with Crippen molar-refractivity contribution in [1.29, 1.82) is 0 Å². The molecule has 24 heavy (non-hydrogen) atoms. The predicted molar refractivity (Wildman–Crippen MR) is 92.0 cm³/mol. The average Bonchev–Trinajstić information content (AvgIpc) is 2.58. The van der Waals surface area contributed by atoms with Crippen LogP contribution < -0.4 is 10.6 Å². The summed E-state index contributed by atoms with van der Waals surface area (Å²) >= 11 is 0. The maximum atomic E-state index is 12.7. The lowest BCUT2D eigenvalue weighted by molar-refractivity contribution is -0.128. The molecule has 2 amide bonds. The Bertz CT molecular complexity index is 601. The molecule has 1 saturated carbocycles. The van der Waals surface area contributed by atoms with Crippen molar-refractivity contribution in [2.75, 3.05) is 38.7 Å². The van der Waals surface area contributed by atoms with Gasteiger partial charge >= 0.3 is 0 Å². The number of hydrogen-bond acceptors (Lipinski definition) is 4. The maximum Gasteiger partial charge on any atom is 0.251 e. The summed E-state index contributed by atoms with van der Waals surface area (Å²) in [4.78, 5) is 26.6. The van der Waals surface area contributed by atoms with Crippen LogP contribution in [0.4, 0.5) is 5.69 Å². The van der Waals surface area contributed by atoms with Crippen molar-refractivity contribution in [3.63, 3.8) is 0 Å². The fourth-order valence-electron chi connectivity index (χ4n) is 3.21. The number of carbonyl (C=O) groups is 2. The number of hydrogen-bond donors (Lipinski definition) is 2. The van der Waals surface area contributed by atoms with Crippen LogP contribution >= 0.6 is 0 Å². The van der Waals surface area contributed by atoms with E-state index in [1.807, 2.05) is 0 Å². The molecule has 1 saturated heterocycles. The number of carbonyl (C=O) groups excluding carboxylic acids is 2. The zero-order chi connectivity index (χ0) is 16.9. The molecule has 1 aromatic rings. The van der Waals surface area contributed by atoms with Crippen LogP contribution in [0, 0.1) is 5.92 Å². The highest BCUT2D eigenvalue weighted by molar-refractivity contribution is 5.98. The fraction of sp³-hybridized carbons (Fsp3) is 0.556. The van der Waals surface area contributed by atoms with Gasteiger partial charge in [0.25, 0.3) is 5.91 Å². The molecule has 0 bridgehead atoms. The van der Waals surface area contributed by atoms with E-state index in [0.29, 0.717) is 24.5 Å². The van der Waals surface area contributed by atoms with Crippen LogP contribution in [0.25, 0.3) is 0 Å². The highest BCUT2D eigenvalue weighted by Gasteiger charge is 2.32. The van der Waals surface area contributed by atoms with Crippen molar-refractivity contribution >= 4 is 17.5 Å². The fourth-order valence-corrected chi connectivity index (χ4v) is 3.21. The molecule has 6 heteroatoms. The highest BCUT2D eigenvalue weighted by Crippen LogP contribution is 2.28. The van der Waals surface area contributed by atoms with E-state index < -0.39 is 0 Å². The molecule has 1 atom stereocenters. The van der Waals surface area contributed by atoms with Crippen LogP contribution in [0.15, 0.2) is 24.3 Å². The summed E-state index contributed by atoms with van der Waals surface area (Å²) in [5, 5.41) is 5.52. The average molecular weight is 331 g/mol. The van der Waals surface area contributed by atoms with E-state index in [0.717, 1.165) is 19.0 Å². The van der Waals surface area contributed by atoms with Crippen molar-refractivity contribution < 1.29 is 14.3 Å². The number of benzene rings is 1. The van der Waals surface area contributed by atoms with E-state index >= 15 is 0 Å². The minimum Gasteiger partial charge on any atom is -0.378 e. The lowest BCUT2D eigenvalue weighted by Gasteiger charge is -2.39. The molecule has 1 aliphatic carbocycles. The van der Waals surface area contributed by atoms with Crippen molar-refractivity contribution in [3.8, 4) is 0 Å². The number of ether oxygens (including phenoxy) is 1.